The quantitative estimate of drug-likeness (QED) is 0.322. The van der Waals surface area contributed by atoms with E-state index in [4.69, 9.17) is 9.05 Å². The lowest BCUT2D eigenvalue weighted by atomic mass is 10.8. The summed E-state index contributed by atoms with van der Waals surface area (Å²) < 4.78 is 63.8. The molecule has 0 aromatic heterocycles. The highest BCUT2D eigenvalue weighted by atomic mass is 32.7. The summed E-state index contributed by atoms with van der Waals surface area (Å²) in [5, 5.41) is 0. The smallest absolute Gasteiger partial charge is 0.301 e. The zero-order valence-corrected chi connectivity index (χ0v) is 14.3. The van der Waals surface area contributed by atoms with Crippen LogP contribution in [0.3, 0.4) is 0 Å². The molecule has 0 saturated carbocycles. The van der Waals surface area contributed by atoms with Crippen LogP contribution in [0.25, 0.3) is 0 Å². The molecule has 3 nitrogen and oxygen atoms in total. The standard InChI is InChI=1S/C8H19O3PS2.C2H2F4/c1-4-10-12(9,11-5-2)14-8-7-13-6-3;3-1-2(4,5)6/h4-8H2,1-3H3;1H2. The molecule has 10 heteroatoms. The van der Waals surface area contributed by atoms with E-state index < -0.39 is 19.6 Å². The van der Waals surface area contributed by atoms with Crippen LogP contribution in [0.1, 0.15) is 20.8 Å². The van der Waals surface area contributed by atoms with Crippen molar-refractivity contribution >= 4 is 29.9 Å². The van der Waals surface area contributed by atoms with Gasteiger partial charge in [-0.1, -0.05) is 6.92 Å². The zero-order chi connectivity index (χ0) is 16.1. The van der Waals surface area contributed by atoms with Crippen molar-refractivity contribution in [2.24, 2.45) is 0 Å². The van der Waals surface area contributed by atoms with E-state index in [1.165, 1.54) is 11.4 Å². The molecule has 0 heterocycles. The van der Waals surface area contributed by atoms with Crippen LogP contribution in [0.2, 0.25) is 0 Å². The average Bonchev–Trinajstić information content (AvgIpc) is 2.35. The van der Waals surface area contributed by atoms with Gasteiger partial charge >= 0.3 is 13.0 Å². The number of thioether (sulfide) groups is 1. The maximum Gasteiger partial charge on any atom is 0.416 e. The summed E-state index contributed by atoms with van der Waals surface area (Å²) in [4.78, 5) is 0. The third kappa shape index (κ3) is 16.6. The molecule has 0 atom stereocenters. The molecule has 0 aliphatic rings. The molecule has 0 N–H and O–H groups in total. The Morgan fingerprint density at radius 3 is 1.80 bits per heavy atom. The second-order valence-electron chi connectivity index (χ2n) is 3.06. The number of alkyl halides is 4. The minimum Gasteiger partial charge on any atom is -0.301 e. The van der Waals surface area contributed by atoms with Gasteiger partial charge in [-0.25, -0.2) is 8.96 Å². The summed E-state index contributed by atoms with van der Waals surface area (Å²) in [5.41, 5.74) is 0. The van der Waals surface area contributed by atoms with Crippen molar-refractivity contribution in [1.82, 2.24) is 0 Å². The van der Waals surface area contributed by atoms with Crippen molar-refractivity contribution in [3.05, 3.63) is 0 Å². The Morgan fingerprint density at radius 1 is 1.05 bits per heavy atom. The molecule has 124 valence electrons. The molecular formula is C10H21F4O3PS2. The largest absolute Gasteiger partial charge is 0.416 e. The zero-order valence-electron chi connectivity index (χ0n) is 11.7. The van der Waals surface area contributed by atoms with E-state index in [9.17, 15) is 22.1 Å². The fraction of sp³-hybridized carbons (Fsp3) is 1.00. The molecule has 0 unspecified atom stereocenters. The number of hydrogen-bond donors (Lipinski definition) is 0. The van der Waals surface area contributed by atoms with Crippen LogP contribution in [0.5, 0.6) is 0 Å². The predicted octanol–water partition coefficient (Wildman–Crippen LogP) is 5.17. The van der Waals surface area contributed by atoms with Gasteiger partial charge in [-0.2, -0.15) is 24.9 Å². The summed E-state index contributed by atoms with van der Waals surface area (Å²) in [7, 11) is 0. The van der Waals surface area contributed by atoms with Gasteiger partial charge in [-0.3, -0.25) is 0 Å². The van der Waals surface area contributed by atoms with E-state index in [0.29, 0.717) is 13.2 Å². The Morgan fingerprint density at radius 2 is 1.50 bits per heavy atom. The van der Waals surface area contributed by atoms with E-state index in [0.717, 1.165) is 17.3 Å². The highest BCUT2D eigenvalue weighted by molar-refractivity contribution is 8.55. The minimum atomic E-state index is -4.62. The third-order valence-corrected chi connectivity index (χ3v) is 6.55. The summed E-state index contributed by atoms with van der Waals surface area (Å²) in [6.07, 6.45) is -4.62. The highest BCUT2D eigenvalue weighted by Gasteiger charge is 2.26. The molecule has 0 radical (unpaired) electrons. The predicted molar refractivity (Wildman–Crippen MR) is 78.3 cm³/mol. The van der Waals surface area contributed by atoms with Crippen molar-refractivity contribution in [3.8, 4) is 0 Å². The Balaban J connectivity index is 0. The lowest BCUT2D eigenvalue weighted by Gasteiger charge is -2.15. The van der Waals surface area contributed by atoms with Crippen LogP contribution < -0.4 is 0 Å². The number of halogens is 4. The van der Waals surface area contributed by atoms with Crippen LogP contribution in [-0.2, 0) is 13.6 Å². The van der Waals surface area contributed by atoms with Crippen LogP contribution >= 0.6 is 29.9 Å². The van der Waals surface area contributed by atoms with Gasteiger partial charge in [-0.15, -0.1) is 0 Å². The fourth-order valence-corrected chi connectivity index (χ4v) is 5.34. The average molecular weight is 360 g/mol. The first-order valence-corrected chi connectivity index (χ1v) is 10.3. The molecule has 0 bridgehead atoms. The lowest BCUT2D eigenvalue weighted by Crippen LogP contribution is -2.08. The van der Waals surface area contributed by atoms with Crippen molar-refractivity contribution in [2.45, 2.75) is 26.9 Å². The first kappa shape index (κ1) is 22.8. The summed E-state index contributed by atoms with van der Waals surface area (Å²) in [6.45, 7) is 1.55. The molecule has 0 saturated heterocycles. The SMILES string of the molecule is CCOP(=O)(OCC)SCCSCC.FCC(F)(F)F. The maximum absolute atomic E-state index is 11.9. The molecule has 0 spiro atoms. The monoisotopic (exact) mass is 360 g/mol. The maximum atomic E-state index is 11.9. The van der Waals surface area contributed by atoms with E-state index >= 15 is 0 Å². The molecule has 0 fully saturated rings. The van der Waals surface area contributed by atoms with Gasteiger partial charge in [0.05, 0.1) is 13.2 Å². The molecule has 0 aromatic carbocycles. The van der Waals surface area contributed by atoms with Crippen molar-refractivity contribution < 1.29 is 31.2 Å². The first-order valence-electron chi connectivity index (χ1n) is 5.98. The molecule has 0 rings (SSSR count). The topological polar surface area (TPSA) is 35.5 Å². The van der Waals surface area contributed by atoms with Gasteiger partial charge in [0.15, 0.2) is 6.67 Å². The molecule has 0 amide bonds. The fourth-order valence-electron chi connectivity index (χ4n) is 0.780. The first-order chi connectivity index (χ1) is 9.24. The second-order valence-corrected chi connectivity index (χ2v) is 8.65. The molecule has 0 aromatic rings. The molecule has 20 heavy (non-hydrogen) atoms. The number of hydrogen-bond acceptors (Lipinski definition) is 5. The van der Waals surface area contributed by atoms with Crippen LogP contribution in [0, 0.1) is 0 Å². The molecule has 0 aliphatic carbocycles. The minimum absolute atomic E-state index is 0.436. The molecular weight excluding hydrogens is 339 g/mol. The Kier molecular flexibility index (Phi) is 15.1. The van der Waals surface area contributed by atoms with E-state index in [2.05, 4.69) is 6.92 Å². The summed E-state index contributed by atoms with van der Waals surface area (Å²) in [5.74, 6) is 2.90. The van der Waals surface area contributed by atoms with Crippen LogP contribution in [0.15, 0.2) is 0 Å². The van der Waals surface area contributed by atoms with Gasteiger partial charge in [0.2, 0.25) is 0 Å². The number of rotatable bonds is 9. The van der Waals surface area contributed by atoms with Gasteiger partial charge in [0.25, 0.3) is 0 Å². The van der Waals surface area contributed by atoms with Crippen molar-refractivity contribution in [1.29, 1.82) is 0 Å². The van der Waals surface area contributed by atoms with E-state index in [-0.39, 0.29) is 0 Å². The van der Waals surface area contributed by atoms with Crippen LogP contribution in [-0.4, -0.2) is 43.3 Å². The van der Waals surface area contributed by atoms with E-state index in [1.807, 2.05) is 25.6 Å². The second kappa shape index (κ2) is 13.2. The normalized spacial score (nSPS) is 11.9. The Hall–Kier alpha value is 0.570. The van der Waals surface area contributed by atoms with Gasteiger partial charge in [0.1, 0.15) is 0 Å². The van der Waals surface area contributed by atoms with Gasteiger partial charge in [0, 0.05) is 11.5 Å². The van der Waals surface area contributed by atoms with Crippen molar-refractivity contribution in [3.63, 3.8) is 0 Å². The summed E-state index contributed by atoms with van der Waals surface area (Å²) in [6, 6.07) is 0. The van der Waals surface area contributed by atoms with E-state index in [1.54, 1.807) is 0 Å². The van der Waals surface area contributed by atoms with Crippen molar-refractivity contribution in [2.75, 3.05) is 37.1 Å². The van der Waals surface area contributed by atoms with Gasteiger partial charge < -0.3 is 9.05 Å². The Labute approximate surface area is 125 Å². The van der Waals surface area contributed by atoms with Gasteiger partial charge in [-0.05, 0) is 31.0 Å². The third-order valence-electron chi connectivity index (χ3n) is 1.41. The highest BCUT2D eigenvalue weighted by Crippen LogP contribution is 2.60. The summed E-state index contributed by atoms with van der Waals surface area (Å²) >= 11 is 3.14. The van der Waals surface area contributed by atoms with Crippen LogP contribution in [0.4, 0.5) is 17.6 Å². The molecule has 0 aliphatic heterocycles. The lowest BCUT2D eigenvalue weighted by molar-refractivity contribution is -0.142. The Bertz CT molecular complexity index is 257.